The van der Waals surface area contributed by atoms with Gasteiger partial charge in [-0.25, -0.2) is 9.78 Å². The van der Waals surface area contributed by atoms with Crippen molar-refractivity contribution in [1.82, 2.24) is 25.4 Å². The molecular weight excluding hydrogens is 278 g/mol. The highest BCUT2D eigenvalue weighted by molar-refractivity contribution is 5.74. The van der Waals surface area contributed by atoms with E-state index in [-0.39, 0.29) is 11.9 Å². The molecule has 6 nitrogen and oxygen atoms in total. The Morgan fingerprint density at radius 3 is 2.77 bits per heavy atom. The highest BCUT2D eigenvalue weighted by Gasteiger charge is 2.28. The Bertz CT molecular complexity index is 494. The number of amides is 2. The van der Waals surface area contributed by atoms with Gasteiger partial charge in [0.1, 0.15) is 5.82 Å². The van der Waals surface area contributed by atoms with E-state index in [9.17, 15) is 4.79 Å². The fourth-order valence-corrected chi connectivity index (χ4v) is 3.66. The van der Waals surface area contributed by atoms with Crippen LogP contribution in [0.1, 0.15) is 75.4 Å². The number of aromatic amines is 1. The normalized spacial score (nSPS) is 23.5. The third kappa shape index (κ3) is 3.42. The molecule has 3 rings (SSSR count). The summed E-state index contributed by atoms with van der Waals surface area (Å²) in [7, 11) is 0. The Kier molecular flexibility index (Phi) is 4.95. The SMILES string of the molecule is CCNC(=O)N1CCC[C@H](c2n[nH]c(C3CCCCC3)n2)C1. The van der Waals surface area contributed by atoms with Gasteiger partial charge in [0.05, 0.1) is 0 Å². The van der Waals surface area contributed by atoms with Crippen LogP contribution in [0, 0.1) is 0 Å². The zero-order valence-corrected chi connectivity index (χ0v) is 13.5. The lowest BCUT2D eigenvalue weighted by molar-refractivity contribution is 0.179. The summed E-state index contributed by atoms with van der Waals surface area (Å²) < 4.78 is 0. The molecule has 2 N–H and O–H groups in total. The van der Waals surface area contributed by atoms with Crippen LogP contribution in [0.25, 0.3) is 0 Å². The summed E-state index contributed by atoms with van der Waals surface area (Å²) in [5.74, 6) is 2.78. The van der Waals surface area contributed by atoms with Crippen LogP contribution < -0.4 is 5.32 Å². The van der Waals surface area contributed by atoms with Crippen LogP contribution in [-0.4, -0.2) is 45.7 Å². The first-order chi connectivity index (χ1) is 10.8. The van der Waals surface area contributed by atoms with Crippen LogP contribution in [-0.2, 0) is 0 Å². The third-order valence-electron chi connectivity index (χ3n) is 4.91. The number of carbonyl (C=O) groups is 1. The van der Waals surface area contributed by atoms with Crippen molar-refractivity contribution in [2.75, 3.05) is 19.6 Å². The van der Waals surface area contributed by atoms with Crippen molar-refractivity contribution in [1.29, 1.82) is 0 Å². The predicted octanol–water partition coefficient (Wildman–Crippen LogP) is 2.76. The van der Waals surface area contributed by atoms with Crippen LogP contribution in [0.5, 0.6) is 0 Å². The molecule has 0 aromatic carbocycles. The number of carbonyl (C=O) groups excluding carboxylic acids is 1. The van der Waals surface area contributed by atoms with E-state index in [2.05, 4.69) is 15.5 Å². The molecule has 0 radical (unpaired) electrons. The molecule has 2 heterocycles. The molecule has 1 saturated heterocycles. The number of aromatic nitrogens is 3. The Balaban J connectivity index is 1.63. The Morgan fingerprint density at radius 1 is 1.23 bits per heavy atom. The summed E-state index contributed by atoms with van der Waals surface area (Å²) in [6, 6.07) is 0.0373. The lowest BCUT2D eigenvalue weighted by Gasteiger charge is -2.31. The highest BCUT2D eigenvalue weighted by Crippen LogP contribution is 2.32. The monoisotopic (exact) mass is 305 g/mol. The number of likely N-dealkylation sites (tertiary alicyclic amines) is 1. The molecule has 1 atom stereocenters. The second-order valence-electron chi connectivity index (χ2n) is 6.53. The molecule has 22 heavy (non-hydrogen) atoms. The topological polar surface area (TPSA) is 73.9 Å². The Labute approximate surface area is 132 Å². The zero-order chi connectivity index (χ0) is 15.4. The molecular formula is C16H27N5O. The van der Waals surface area contributed by atoms with E-state index in [4.69, 9.17) is 4.98 Å². The Hall–Kier alpha value is -1.59. The van der Waals surface area contributed by atoms with Crippen molar-refractivity contribution in [3.63, 3.8) is 0 Å². The van der Waals surface area contributed by atoms with Gasteiger partial charge in [0.25, 0.3) is 0 Å². The number of piperidine rings is 1. The summed E-state index contributed by atoms with van der Waals surface area (Å²) in [6.07, 6.45) is 8.49. The number of rotatable bonds is 3. The van der Waals surface area contributed by atoms with E-state index in [1.165, 1.54) is 32.1 Å². The maximum absolute atomic E-state index is 12.0. The van der Waals surface area contributed by atoms with E-state index < -0.39 is 0 Å². The quantitative estimate of drug-likeness (QED) is 0.901. The Morgan fingerprint density at radius 2 is 2.00 bits per heavy atom. The van der Waals surface area contributed by atoms with Gasteiger partial charge in [0.2, 0.25) is 0 Å². The number of nitrogens with zero attached hydrogens (tertiary/aromatic N) is 3. The third-order valence-corrected chi connectivity index (χ3v) is 4.91. The number of H-pyrrole nitrogens is 1. The van der Waals surface area contributed by atoms with E-state index in [0.29, 0.717) is 12.5 Å². The number of hydrogen-bond acceptors (Lipinski definition) is 3. The van der Waals surface area contributed by atoms with Crippen LogP contribution in [0.2, 0.25) is 0 Å². The fourth-order valence-electron chi connectivity index (χ4n) is 3.66. The molecule has 6 heteroatoms. The molecule has 0 unspecified atom stereocenters. The van der Waals surface area contributed by atoms with Crippen molar-refractivity contribution in [3.8, 4) is 0 Å². The minimum absolute atomic E-state index is 0.0373. The molecule has 1 aromatic heterocycles. The maximum atomic E-state index is 12.0. The predicted molar refractivity (Wildman–Crippen MR) is 84.8 cm³/mol. The molecule has 0 spiro atoms. The first-order valence-electron chi connectivity index (χ1n) is 8.73. The molecule has 1 aliphatic heterocycles. The van der Waals surface area contributed by atoms with E-state index in [1.54, 1.807) is 0 Å². The minimum Gasteiger partial charge on any atom is -0.338 e. The summed E-state index contributed by atoms with van der Waals surface area (Å²) in [5, 5.41) is 10.5. The van der Waals surface area contributed by atoms with Crippen LogP contribution in [0.15, 0.2) is 0 Å². The smallest absolute Gasteiger partial charge is 0.317 e. The van der Waals surface area contributed by atoms with Crippen molar-refractivity contribution in [3.05, 3.63) is 11.6 Å². The molecule has 2 aliphatic rings. The number of urea groups is 1. The van der Waals surface area contributed by atoms with E-state index in [0.717, 1.165) is 37.6 Å². The number of nitrogens with one attached hydrogen (secondary N) is 2. The first kappa shape index (κ1) is 15.3. The second kappa shape index (κ2) is 7.11. The number of hydrogen-bond donors (Lipinski definition) is 2. The van der Waals surface area contributed by atoms with Gasteiger partial charge in [-0.2, -0.15) is 5.10 Å². The zero-order valence-electron chi connectivity index (χ0n) is 13.5. The first-order valence-corrected chi connectivity index (χ1v) is 8.73. The van der Waals surface area contributed by atoms with Crippen molar-refractivity contribution < 1.29 is 4.79 Å². The average Bonchev–Trinajstić information content (AvgIpc) is 3.06. The standard InChI is InChI=1S/C16H27N5O/c1-2-17-16(22)21-10-6-9-13(11-21)15-18-14(19-20-15)12-7-4-3-5-8-12/h12-13H,2-11H2,1H3,(H,17,22)(H,18,19,20)/t13-/m0/s1. The lowest BCUT2D eigenvalue weighted by Crippen LogP contribution is -2.45. The second-order valence-corrected chi connectivity index (χ2v) is 6.53. The van der Waals surface area contributed by atoms with Gasteiger partial charge in [0.15, 0.2) is 5.82 Å². The minimum atomic E-state index is 0.0373. The van der Waals surface area contributed by atoms with Crippen LogP contribution >= 0.6 is 0 Å². The molecule has 1 aliphatic carbocycles. The largest absolute Gasteiger partial charge is 0.338 e. The van der Waals surface area contributed by atoms with Gasteiger partial charge in [-0.1, -0.05) is 19.3 Å². The molecule has 1 aromatic rings. The lowest BCUT2D eigenvalue weighted by atomic mass is 9.89. The van der Waals surface area contributed by atoms with Gasteiger partial charge >= 0.3 is 6.03 Å². The average molecular weight is 305 g/mol. The summed E-state index contributed by atoms with van der Waals surface area (Å²) in [5.41, 5.74) is 0. The van der Waals surface area contributed by atoms with Gasteiger partial charge in [-0.15, -0.1) is 0 Å². The maximum Gasteiger partial charge on any atom is 0.317 e. The van der Waals surface area contributed by atoms with Crippen molar-refractivity contribution in [2.24, 2.45) is 0 Å². The van der Waals surface area contributed by atoms with Gasteiger partial charge in [-0.3, -0.25) is 5.10 Å². The molecule has 1 saturated carbocycles. The highest BCUT2D eigenvalue weighted by atomic mass is 16.2. The molecule has 122 valence electrons. The molecule has 0 bridgehead atoms. The van der Waals surface area contributed by atoms with E-state index >= 15 is 0 Å². The molecule has 2 amide bonds. The molecule has 2 fully saturated rings. The van der Waals surface area contributed by atoms with Gasteiger partial charge in [0, 0.05) is 31.5 Å². The van der Waals surface area contributed by atoms with Crippen molar-refractivity contribution >= 4 is 6.03 Å². The van der Waals surface area contributed by atoms with Crippen LogP contribution in [0.4, 0.5) is 4.79 Å². The van der Waals surface area contributed by atoms with Crippen molar-refractivity contribution in [2.45, 2.75) is 63.7 Å². The summed E-state index contributed by atoms with van der Waals surface area (Å²) >= 11 is 0. The van der Waals surface area contributed by atoms with Gasteiger partial charge in [-0.05, 0) is 32.6 Å². The fraction of sp³-hybridized carbons (Fsp3) is 0.812. The summed E-state index contributed by atoms with van der Waals surface area (Å²) in [4.78, 5) is 18.7. The van der Waals surface area contributed by atoms with Gasteiger partial charge < -0.3 is 10.2 Å². The summed E-state index contributed by atoms with van der Waals surface area (Å²) in [6.45, 7) is 4.19. The van der Waals surface area contributed by atoms with Crippen LogP contribution in [0.3, 0.4) is 0 Å². The van der Waals surface area contributed by atoms with E-state index in [1.807, 2.05) is 11.8 Å².